The summed E-state index contributed by atoms with van der Waals surface area (Å²) < 4.78 is 6.23. The van der Waals surface area contributed by atoms with E-state index in [0.717, 1.165) is 17.6 Å². The minimum atomic E-state index is -0.455. The van der Waals surface area contributed by atoms with Gasteiger partial charge in [-0.1, -0.05) is 0 Å². The molecule has 7 heteroatoms. The quantitative estimate of drug-likeness (QED) is 0.582. The Bertz CT molecular complexity index is 523. The van der Waals surface area contributed by atoms with E-state index < -0.39 is 5.69 Å². The summed E-state index contributed by atoms with van der Waals surface area (Å²) in [4.78, 5) is 25.5. The Morgan fingerprint density at radius 1 is 1.61 bits per heavy atom. The lowest BCUT2D eigenvalue weighted by Gasteiger charge is -2.12. The number of aromatic amines is 1. The minimum absolute atomic E-state index is 0.297. The molecule has 7 nitrogen and oxygen atoms in total. The summed E-state index contributed by atoms with van der Waals surface area (Å²) in [6.07, 6.45) is 2.73. The number of hydrogen-bond acceptors (Lipinski definition) is 5. The monoisotopic (exact) mass is 252 g/mol. The first kappa shape index (κ1) is 12.6. The van der Waals surface area contributed by atoms with Crippen molar-refractivity contribution in [3.05, 3.63) is 26.9 Å². The smallest absolute Gasteiger partial charge is 0.329 e. The molecule has 18 heavy (non-hydrogen) atoms. The zero-order chi connectivity index (χ0) is 13.1. The standard InChI is InChI=1S/C11H16N4O3/c1-14-10(16)5-9(13-11(14)17)15(2)12-6-8-3-4-18-7-8/h5-6,8H,3-4,7H2,1-2H3,(H,13,17). The first-order chi connectivity index (χ1) is 8.58. The normalized spacial score (nSPS) is 19.6. The fourth-order valence-electron chi connectivity index (χ4n) is 1.64. The average molecular weight is 252 g/mol. The number of nitrogens with zero attached hydrogens (tertiary/aromatic N) is 3. The van der Waals surface area contributed by atoms with Crippen LogP contribution in [0.2, 0.25) is 0 Å². The van der Waals surface area contributed by atoms with Crippen molar-refractivity contribution in [2.24, 2.45) is 18.1 Å². The highest BCUT2D eigenvalue weighted by Crippen LogP contribution is 2.10. The van der Waals surface area contributed by atoms with Gasteiger partial charge >= 0.3 is 5.69 Å². The van der Waals surface area contributed by atoms with E-state index in [2.05, 4.69) is 10.1 Å². The van der Waals surface area contributed by atoms with Crippen LogP contribution in [0.15, 0.2) is 20.8 Å². The highest BCUT2D eigenvalue weighted by atomic mass is 16.5. The Balaban J connectivity index is 2.15. The van der Waals surface area contributed by atoms with Gasteiger partial charge in [0.25, 0.3) is 5.56 Å². The third-order valence-corrected chi connectivity index (χ3v) is 2.89. The van der Waals surface area contributed by atoms with E-state index in [1.165, 1.54) is 18.1 Å². The van der Waals surface area contributed by atoms with Gasteiger partial charge in [0.2, 0.25) is 0 Å². The second-order valence-corrected chi connectivity index (χ2v) is 4.27. The number of ether oxygens (including phenoxy) is 1. The molecule has 1 saturated heterocycles. The van der Waals surface area contributed by atoms with E-state index in [1.54, 1.807) is 13.3 Å². The minimum Gasteiger partial charge on any atom is -0.381 e. The summed E-state index contributed by atoms with van der Waals surface area (Å²) in [6.45, 7) is 1.42. The molecule has 0 aliphatic carbocycles. The fraction of sp³-hybridized carbons (Fsp3) is 0.545. The van der Waals surface area contributed by atoms with Crippen LogP contribution in [0.5, 0.6) is 0 Å². The van der Waals surface area contributed by atoms with Crippen molar-refractivity contribution in [1.29, 1.82) is 0 Å². The van der Waals surface area contributed by atoms with Crippen LogP contribution in [-0.2, 0) is 11.8 Å². The van der Waals surface area contributed by atoms with Gasteiger partial charge in [0.1, 0.15) is 5.82 Å². The van der Waals surface area contributed by atoms with Gasteiger partial charge in [-0.2, -0.15) is 5.10 Å². The van der Waals surface area contributed by atoms with Gasteiger partial charge in [-0.05, 0) is 6.42 Å². The van der Waals surface area contributed by atoms with Gasteiger partial charge in [-0.15, -0.1) is 0 Å². The third-order valence-electron chi connectivity index (χ3n) is 2.89. The summed E-state index contributed by atoms with van der Waals surface area (Å²) in [5.41, 5.74) is -0.816. The van der Waals surface area contributed by atoms with Crippen LogP contribution in [-0.4, -0.2) is 36.0 Å². The topological polar surface area (TPSA) is 79.7 Å². The number of anilines is 1. The first-order valence-electron chi connectivity index (χ1n) is 5.74. The van der Waals surface area contributed by atoms with Crippen molar-refractivity contribution < 1.29 is 4.74 Å². The van der Waals surface area contributed by atoms with Crippen molar-refractivity contribution in [3.8, 4) is 0 Å². The van der Waals surface area contributed by atoms with E-state index in [9.17, 15) is 9.59 Å². The molecule has 2 rings (SSSR count). The number of nitrogens with one attached hydrogen (secondary N) is 1. The zero-order valence-electron chi connectivity index (χ0n) is 10.4. The highest BCUT2D eigenvalue weighted by Gasteiger charge is 2.13. The molecule has 0 radical (unpaired) electrons. The number of H-pyrrole nitrogens is 1. The molecule has 1 atom stereocenters. The van der Waals surface area contributed by atoms with Crippen LogP contribution in [0.1, 0.15) is 6.42 Å². The SMILES string of the molecule is CN(N=CC1CCOC1)c1cc(=O)n(C)c(=O)[nH]1. The van der Waals surface area contributed by atoms with Crippen LogP contribution < -0.4 is 16.3 Å². The Hall–Kier alpha value is -1.89. The van der Waals surface area contributed by atoms with Crippen LogP contribution in [0.25, 0.3) is 0 Å². The van der Waals surface area contributed by atoms with E-state index in [4.69, 9.17) is 4.74 Å². The summed E-state index contributed by atoms with van der Waals surface area (Å²) in [6, 6.07) is 1.34. The Morgan fingerprint density at radius 2 is 2.39 bits per heavy atom. The summed E-state index contributed by atoms with van der Waals surface area (Å²) in [7, 11) is 3.10. The van der Waals surface area contributed by atoms with Crippen LogP contribution >= 0.6 is 0 Å². The maximum absolute atomic E-state index is 11.5. The molecule has 0 bridgehead atoms. The Morgan fingerprint density at radius 3 is 3.00 bits per heavy atom. The number of aromatic nitrogens is 2. The number of hydrazone groups is 1. The van der Waals surface area contributed by atoms with E-state index >= 15 is 0 Å². The van der Waals surface area contributed by atoms with Crippen molar-refractivity contribution in [1.82, 2.24) is 9.55 Å². The van der Waals surface area contributed by atoms with Crippen LogP contribution in [0, 0.1) is 5.92 Å². The molecule has 1 N–H and O–H groups in total. The lowest BCUT2D eigenvalue weighted by atomic mass is 10.1. The lowest BCUT2D eigenvalue weighted by Crippen LogP contribution is -2.33. The summed E-state index contributed by atoms with van der Waals surface area (Å²) in [5.74, 6) is 0.670. The summed E-state index contributed by atoms with van der Waals surface area (Å²) >= 11 is 0. The molecule has 1 unspecified atom stereocenters. The maximum Gasteiger partial charge on any atom is 0.329 e. The summed E-state index contributed by atoms with van der Waals surface area (Å²) in [5, 5.41) is 5.67. The van der Waals surface area contributed by atoms with Gasteiger partial charge in [0.15, 0.2) is 0 Å². The molecular formula is C11H16N4O3. The second-order valence-electron chi connectivity index (χ2n) is 4.27. The molecule has 1 aromatic heterocycles. The predicted molar refractivity (Wildman–Crippen MR) is 68.1 cm³/mol. The molecule has 0 spiro atoms. The second kappa shape index (κ2) is 5.18. The van der Waals surface area contributed by atoms with Gasteiger partial charge in [0, 0.05) is 38.9 Å². The Kier molecular flexibility index (Phi) is 3.61. The van der Waals surface area contributed by atoms with Crippen LogP contribution in [0.4, 0.5) is 5.82 Å². The van der Waals surface area contributed by atoms with Crippen molar-refractivity contribution in [2.45, 2.75) is 6.42 Å². The molecule has 1 aromatic rings. The lowest BCUT2D eigenvalue weighted by molar-refractivity contribution is 0.193. The van der Waals surface area contributed by atoms with E-state index in [1.807, 2.05) is 0 Å². The maximum atomic E-state index is 11.5. The Labute approximate surface area is 104 Å². The van der Waals surface area contributed by atoms with Crippen molar-refractivity contribution in [3.63, 3.8) is 0 Å². The van der Waals surface area contributed by atoms with Gasteiger partial charge in [-0.3, -0.25) is 19.4 Å². The van der Waals surface area contributed by atoms with Gasteiger partial charge < -0.3 is 4.74 Å². The molecule has 0 saturated carbocycles. The molecule has 98 valence electrons. The van der Waals surface area contributed by atoms with Gasteiger partial charge in [-0.25, -0.2) is 4.79 Å². The van der Waals surface area contributed by atoms with Crippen molar-refractivity contribution in [2.75, 3.05) is 25.3 Å². The van der Waals surface area contributed by atoms with Gasteiger partial charge in [0.05, 0.1) is 6.61 Å². The van der Waals surface area contributed by atoms with E-state index in [-0.39, 0.29) is 5.56 Å². The molecule has 1 fully saturated rings. The largest absolute Gasteiger partial charge is 0.381 e. The molecule has 2 heterocycles. The molecule has 0 amide bonds. The first-order valence-corrected chi connectivity index (χ1v) is 5.74. The molecule has 1 aliphatic heterocycles. The number of hydrogen-bond donors (Lipinski definition) is 1. The average Bonchev–Trinajstić information content (AvgIpc) is 2.85. The van der Waals surface area contributed by atoms with E-state index in [0.29, 0.717) is 18.3 Å². The molecular weight excluding hydrogens is 236 g/mol. The highest BCUT2D eigenvalue weighted by molar-refractivity contribution is 5.62. The zero-order valence-corrected chi connectivity index (χ0v) is 10.4. The molecule has 1 aliphatic rings. The van der Waals surface area contributed by atoms with Crippen molar-refractivity contribution >= 4 is 12.0 Å². The number of rotatable bonds is 3. The van der Waals surface area contributed by atoms with Crippen LogP contribution in [0.3, 0.4) is 0 Å². The fourth-order valence-corrected chi connectivity index (χ4v) is 1.64. The third kappa shape index (κ3) is 2.67. The molecule has 0 aromatic carbocycles. The predicted octanol–water partition coefficient (Wildman–Crippen LogP) is -0.468.